The molecule has 1 aliphatic heterocycles. The number of amides is 1. The second kappa shape index (κ2) is 6.81. The molecule has 2 fully saturated rings. The maximum absolute atomic E-state index is 14.3. The Morgan fingerprint density at radius 2 is 2.00 bits per heavy atom. The highest BCUT2D eigenvalue weighted by atomic mass is 19.1. The zero-order chi connectivity index (χ0) is 17.4. The summed E-state index contributed by atoms with van der Waals surface area (Å²) in [6, 6.07) is 5.63. The fraction of sp³-hybridized carbons (Fsp3) is 0.571. The number of hydrogen-bond donors (Lipinski definition) is 0. The molecular weight excluding hydrogens is 315 g/mol. The van der Waals surface area contributed by atoms with Gasteiger partial charge in [0.2, 0.25) is 5.91 Å². The Hall–Kier alpha value is -1.84. The summed E-state index contributed by atoms with van der Waals surface area (Å²) in [4.78, 5) is 15.0. The van der Waals surface area contributed by atoms with E-state index in [2.05, 4.69) is 4.90 Å². The minimum atomic E-state index is -0.189. The Balaban J connectivity index is 1.49. The highest BCUT2D eigenvalue weighted by Gasteiger charge is 2.35. The van der Waals surface area contributed by atoms with E-state index in [1.165, 1.54) is 38.2 Å². The van der Waals surface area contributed by atoms with Crippen molar-refractivity contribution in [3.63, 3.8) is 0 Å². The Bertz CT molecular complexity index is 780. The van der Waals surface area contributed by atoms with Crippen molar-refractivity contribution >= 4 is 16.8 Å². The van der Waals surface area contributed by atoms with Crippen molar-refractivity contribution in [3.05, 3.63) is 35.8 Å². The van der Waals surface area contributed by atoms with Crippen molar-refractivity contribution in [1.29, 1.82) is 0 Å². The third-order valence-electron chi connectivity index (χ3n) is 6.21. The molecule has 2 aromatic rings. The normalized spacial score (nSPS) is 23.7. The summed E-state index contributed by atoms with van der Waals surface area (Å²) in [5.41, 5.74) is 1.84. The predicted molar refractivity (Wildman–Crippen MR) is 97.9 cm³/mol. The molecule has 2 heterocycles. The predicted octanol–water partition coefficient (Wildman–Crippen LogP) is 4.43. The number of fused-ring (bicyclic) bond motifs is 2. The van der Waals surface area contributed by atoms with Gasteiger partial charge < -0.3 is 9.47 Å². The van der Waals surface area contributed by atoms with Gasteiger partial charge in [0, 0.05) is 37.6 Å². The molecule has 0 spiro atoms. The average Bonchev–Trinajstić information content (AvgIpc) is 2.96. The third-order valence-corrected chi connectivity index (χ3v) is 6.21. The molecule has 1 aliphatic carbocycles. The van der Waals surface area contributed by atoms with Crippen molar-refractivity contribution in [3.8, 4) is 0 Å². The van der Waals surface area contributed by atoms with E-state index in [-0.39, 0.29) is 11.7 Å². The van der Waals surface area contributed by atoms with Crippen LogP contribution >= 0.6 is 0 Å². The lowest BCUT2D eigenvalue weighted by Crippen LogP contribution is -2.49. The Morgan fingerprint density at radius 3 is 2.88 bits per heavy atom. The van der Waals surface area contributed by atoms with E-state index < -0.39 is 0 Å². The van der Waals surface area contributed by atoms with E-state index in [0.29, 0.717) is 30.2 Å². The van der Waals surface area contributed by atoms with E-state index in [1.54, 1.807) is 6.07 Å². The topological polar surface area (TPSA) is 25.2 Å². The van der Waals surface area contributed by atoms with Gasteiger partial charge >= 0.3 is 0 Å². The Morgan fingerprint density at radius 1 is 1.20 bits per heavy atom. The molecule has 1 aromatic heterocycles. The molecule has 0 radical (unpaired) electrons. The number of rotatable bonds is 3. The summed E-state index contributed by atoms with van der Waals surface area (Å²) in [6.45, 7) is 0.907. The number of aromatic nitrogens is 1. The molecule has 134 valence electrons. The first kappa shape index (κ1) is 16.6. The lowest BCUT2D eigenvalue weighted by molar-refractivity contribution is -0.137. The summed E-state index contributed by atoms with van der Waals surface area (Å²) in [7, 11) is 1.93. The molecule has 2 unspecified atom stereocenters. The first-order chi connectivity index (χ1) is 12.1. The van der Waals surface area contributed by atoms with Crippen molar-refractivity contribution in [2.75, 3.05) is 6.54 Å². The largest absolute Gasteiger partial charge is 0.350 e. The van der Waals surface area contributed by atoms with Crippen LogP contribution in [0.2, 0.25) is 0 Å². The molecule has 1 amide bonds. The first-order valence-electron chi connectivity index (χ1n) is 9.67. The number of carbonyl (C=O) groups excluding carboxylic acids is 1. The maximum atomic E-state index is 14.3. The lowest BCUT2D eigenvalue weighted by Gasteiger charge is -2.44. The van der Waals surface area contributed by atoms with Crippen LogP contribution in [0.3, 0.4) is 0 Å². The van der Waals surface area contributed by atoms with Gasteiger partial charge in [-0.2, -0.15) is 0 Å². The molecule has 0 N–H and O–H groups in total. The van der Waals surface area contributed by atoms with E-state index in [9.17, 15) is 9.18 Å². The van der Waals surface area contributed by atoms with Crippen LogP contribution < -0.4 is 0 Å². The van der Waals surface area contributed by atoms with E-state index in [0.717, 1.165) is 24.0 Å². The minimum Gasteiger partial charge on any atom is -0.350 e. The second-order valence-electron chi connectivity index (χ2n) is 7.74. The van der Waals surface area contributed by atoms with Gasteiger partial charge in [-0.15, -0.1) is 0 Å². The summed E-state index contributed by atoms with van der Waals surface area (Å²) >= 11 is 0. The van der Waals surface area contributed by atoms with Gasteiger partial charge in [-0.1, -0.05) is 18.9 Å². The van der Waals surface area contributed by atoms with Crippen LogP contribution in [-0.4, -0.2) is 28.0 Å². The number of halogens is 1. The van der Waals surface area contributed by atoms with Crippen molar-refractivity contribution in [2.24, 2.45) is 13.0 Å². The SMILES string of the molecule is Cn1cc(CCC(=O)N2CCCC3CCCCC32)c2c(F)cccc21. The number of benzene rings is 1. The zero-order valence-corrected chi connectivity index (χ0v) is 15.0. The highest BCUT2D eigenvalue weighted by Crippen LogP contribution is 2.35. The molecule has 0 bridgehead atoms. The van der Waals surface area contributed by atoms with Gasteiger partial charge in [0.15, 0.2) is 0 Å². The average molecular weight is 342 g/mol. The first-order valence-corrected chi connectivity index (χ1v) is 9.67. The van der Waals surface area contributed by atoms with E-state index in [4.69, 9.17) is 0 Å². The molecule has 1 saturated heterocycles. The summed E-state index contributed by atoms with van der Waals surface area (Å²) in [6.07, 6.45) is 10.5. The lowest BCUT2D eigenvalue weighted by atomic mass is 9.78. The Labute approximate surface area is 148 Å². The van der Waals surface area contributed by atoms with Crippen LogP contribution in [0.5, 0.6) is 0 Å². The van der Waals surface area contributed by atoms with Gasteiger partial charge in [-0.3, -0.25) is 4.79 Å². The number of nitrogens with zero attached hydrogens (tertiary/aromatic N) is 2. The van der Waals surface area contributed by atoms with E-state index >= 15 is 0 Å². The van der Waals surface area contributed by atoms with Crippen LogP contribution in [-0.2, 0) is 18.3 Å². The van der Waals surface area contributed by atoms with Gasteiger partial charge in [0.25, 0.3) is 0 Å². The van der Waals surface area contributed by atoms with Crippen LogP contribution in [0.15, 0.2) is 24.4 Å². The number of aryl methyl sites for hydroxylation is 2. The molecule has 25 heavy (non-hydrogen) atoms. The smallest absolute Gasteiger partial charge is 0.223 e. The van der Waals surface area contributed by atoms with Crippen LogP contribution in [0, 0.1) is 11.7 Å². The fourth-order valence-corrected chi connectivity index (χ4v) is 5.00. The molecule has 2 aliphatic rings. The highest BCUT2D eigenvalue weighted by molar-refractivity contribution is 5.85. The number of piperidine rings is 1. The number of likely N-dealkylation sites (tertiary alicyclic amines) is 1. The Kier molecular flexibility index (Phi) is 4.53. The van der Waals surface area contributed by atoms with Crippen LogP contribution in [0.4, 0.5) is 4.39 Å². The quantitative estimate of drug-likeness (QED) is 0.810. The molecule has 4 heteroatoms. The second-order valence-corrected chi connectivity index (χ2v) is 7.74. The molecule has 3 nitrogen and oxygen atoms in total. The molecule has 4 rings (SSSR count). The van der Waals surface area contributed by atoms with Gasteiger partial charge in [-0.05, 0) is 55.7 Å². The van der Waals surface area contributed by atoms with E-state index in [1.807, 2.05) is 23.9 Å². The number of carbonyl (C=O) groups is 1. The van der Waals surface area contributed by atoms with Crippen molar-refractivity contribution in [1.82, 2.24) is 9.47 Å². The molecule has 1 aromatic carbocycles. The monoisotopic (exact) mass is 342 g/mol. The standard InChI is InChI=1S/C21H27FN2O/c1-23-14-16(21-17(22)8-4-10-19(21)23)11-12-20(25)24-13-5-7-15-6-2-3-9-18(15)24/h4,8,10,14-15,18H,2-3,5-7,9,11-13H2,1H3. The van der Waals surface area contributed by atoms with Gasteiger partial charge in [0.1, 0.15) is 5.82 Å². The summed E-state index contributed by atoms with van der Waals surface area (Å²) in [5.74, 6) is 0.775. The summed E-state index contributed by atoms with van der Waals surface area (Å²) < 4.78 is 16.2. The van der Waals surface area contributed by atoms with Gasteiger partial charge in [-0.25, -0.2) is 4.39 Å². The third kappa shape index (κ3) is 3.07. The van der Waals surface area contributed by atoms with Crippen molar-refractivity contribution in [2.45, 2.75) is 57.4 Å². The fourth-order valence-electron chi connectivity index (χ4n) is 5.00. The van der Waals surface area contributed by atoms with Crippen LogP contribution in [0.1, 0.15) is 50.5 Å². The molecule has 2 atom stereocenters. The molecular formula is C21H27FN2O. The zero-order valence-electron chi connectivity index (χ0n) is 15.0. The van der Waals surface area contributed by atoms with Crippen molar-refractivity contribution < 1.29 is 9.18 Å². The summed E-state index contributed by atoms with van der Waals surface area (Å²) in [5, 5.41) is 0.673. The maximum Gasteiger partial charge on any atom is 0.223 e. The minimum absolute atomic E-state index is 0.189. The molecule has 1 saturated carbocycles. The van der Waals surface area contributed by atoms with Gasteiger partial charge in [0.05, 0.1) is 5.52 Å². The van der Waals surface area contributed by atoms with Crippen LogP contribution in [0.25, 0.3) is 10.9 Å². The number of hydrogen-bond acceptors (Lipinski definition) is 1.